The molecule has 2 amide bonds. The molecule has 2 heterocycles. The van der Waals surface area contributed by atoms with Crippen LogP contribution in [0.1, 0.15) is 16.1 Å². The number of benzene rings is 1. The molecule has 0 radical (unpaired) electrons. The maximum atomic E-state index is 12.4. The summed E-state index contributed by atoms with van der Waals surface area (Å²) in [6.07, 6.45) is 6.62. The molecule has 1 aromatic carbocycles. The van der Waals surface area contributed by atoms with Crippen molar-refractivity contribution in [1.82, 2.24) is 10.4 Å². The van der Waals surface area contributed by atoms with Crippen LogP contribution in [-0.2, 0) is 4.79 Å². The van der Waals surface area contributed by atoms with Gasteiger partial charge in [0.2, 0.25) is 0 Å². The Morgan fingerprint density at radius 1 is 1.28 bits per heavy atom. The predicted molar refractivity (Wildman–Crippen MR) is 104 cm³/mol. The van der Waals surface area contributed by atoms with Crippen molar-refractivity contribution in [1.29, 1.82) is 0 Å². The molecule has 2 aromatic rings. The summed E-state index contributed by atoms with van der Waals surface area (Å²) in [7, 11) is 0. The number of furan rings is 1. The summed E-state index contributed by atoms with van der Waals surface area (Å²) in [6, 6.07) is 10.4. The lowest BCUT2D eigenvalue weighted by atomic mass is 10.2. The van der Waals surface area contributed by atoms with Gasteiger partial charge in [-0.2, -0.15) is 5.01 Å². The molecule has 126 valence electrons. The van der Waals surface area contributed by atoms with Gasteiger partial charge in [0.15, 0.2) is 4.32 Å². The molecule has 0 spiro atoms. The van der Waals surface area contributed by atoms with Crippen molar-refractivity contribution in [2.45, 2.75) is 0 Å². The Morgan fingerprint density at radius 2 is 2.04 bits per heavy atom. The summed E-state index contributed by atoms with van der Waals surface area (Å²) in [5.41, 5.74) is 2.96. The minimum absolute atomic E-state index is 0.271. The Balaban J connectivity index is 1.68. The zero-order valence-electron chi connectivity index (χ0n) is 12.6. The van der Waals surface area contributed by atoms with E-state index in [0.717, 1.165) is 21.2 Å². The van der Waals surface area contributed by atoms with E-state index in [2.05, 4.69) is 21.4 Å². The standard InChI is InChI=1S/C17H11BrN2O3S2/c18-12-8-6-11(7-9-12)15(21)19-20-16(22)14(25-17(20)24)5-1-3-13-4-2-10-23-13/h1-10H,(H,19,21)/b3-1+,14-5-. The number of thiocarbonyl (C=S) groups is 1. The number of rotatable bonds is 4. The number of carbonyl (C=O) groups excluding carboxylic acids is 2. The second kappa shape index (κ2) is 7.81. The molecule has 1 aliphatic heterocycles. The van der Waals surface area contributed by atoms with E-state index in [-0.39, 0.29) is 10.2 Å². The fraction of sp³-hybridized carbons (Fsp3) is 0. The summed E-state index contributed by atoms with van der Waals surface area (Å²) in [6.45, 7) is 0. The molecular formula is C17H11BrN2O3S2. The average Bonchev–Trinajstić information content (AvgIpc) is 3.20. The van der Waals surface area contributed by atoms with Crippen LogP contribution in [0.2, 0.25) is 0 Å². The highest BCUT2D eigenvalue weighted by atomic mass is 79.9. The van der Waals surface area contributed by atoms with Gasteiger partial charge in [0.25, 0.3) is 11.8 Å². The Morgan fingerprint density at radius 3 is 2.72 bits per heavy atom. The number of amides is 2. The molecule has 1 fully saturated rings. The molecule has 0 atom stereocenters. The van der Waals surface area contributed by atoms with Crippen LogP contribution < -0.4 is 5.43 Å². The number of hydrogen-bond donors (Lipinski definition) is 1. The monoisotopic (exact) mass is 434 g/mol. The minimum atomic E-state index is -0.406. The van der Waals surface area contributed by atoms with Gasteiger partial charge >= 0.3 is 0 Å². The van der Waals surface area contributed by atoms with Crippen molar-refractivity contribution in [3.05, 3.63) is 75.5 Å². The lowest BCUT2D eigenvalue weighted by Gasteiger charge is -2.15. The number of nitrogens with zero attached hydrogens (tertiary/aromatic N) is 1. The van der Waals surface area contributed by atoms with Crippen molar-refractivity contribution >= 4 is 62.1 Å². The Kier molecular flexibility index (Phi) is 5.52. The van der Waals surface area contributed by atoms with Gasteiger partial charge < -0.3 is 4.42 Å². The number of nitrogens with one attached hydrogen (secondary N) is 1. The van der Waals surface area contributed by atoms with Gasteiger partial charge in [0, 0.05) is 10.0 Å². The third-order valence-corrected chi connectivity index (χ3v) is 5.01. The topological polar surface area (TPSA) is 62.6 Å². The van der Waals surface area contributed by atoms with Crippen molar-refractivity contribution in [3.63, 3.8) is 0 Å². The lowest BCUT2D eigenvalue weighted by Crippen LogP contribution is -2.44. The quantitative estimate of drug-likeness (QED) is 0.578. The number of allylic oxidation sites excluding steroid dienone is 2. The fourth-order valence-corrected chi connectivity index (χ4v) is 3.36. The number of halogens is 1. The van der Waals surface area contributed by atoms with Crippen LogP contribution in [0.4, 0.5) is 0 Å². The van der Waals surface area contributed by atoms with E-state index >= 15 is 0 Å². The molecule has 8 heteroatoms. The van der Waals surface area contributed by atoms with Crippen LogP contribution in [0, 0.1) is 0 Å². The summed E-state index contributed by atoms with van der Waals surface area (Å²) < 4.78 is 6.31. The summed E-state index contributed by atoms with van der Waals surface area (Å²) in [4.78, 5) is 25.1. The molecule has 1 N–H and O–H groups in total. The van der Waals surface area contributed by atoms with Crippen LogP contribution in [0.5, 0.6) is 0 Å². The van der Waals surface area contributed by atoms with Gasteiger partial charge in [0.1, 0.15) is 5.76 Å². The van der Waals surface area contributed by atoms with Crippen LogP contribution >= 0.6 is 39.9 Å². The van der Waals surface area contributed by atoms with Gasteiger partial charge in [-0.15, -0.1) is 0 Å². The molecule has 1 aromatic heterocycles. The lowest BCUT2D eigenvalue weighted by molar-refractivity contribution is -0.123. The smallest absolute Gasteiger partial charge is 0.285 e. The second-order valence-corrected chi connectivity index (χ2v) is 7.45. The van der Waals surface area contributed by atoms with E-state index in [1.54, 1.807) is 60.9 Å². The molecule has 5 nitrogen and oxygen atoms in total. The van der Waals surface area contributed by atoms with Crippen molar-refractivity contribution < 1.29 is 14.0 Å². The first-order valence-corrected chi connectivity index (χ1v) is 9.11. The molecule has 0 saturated carbocycles. The van der Waals surface area contributed by atoms with Crippen LogP contribution in [0.25, 0.3) is 6.08 Å². The predicted octanol–water partition coefficient (Wildman–Crippen LogP) is 4.14. The van der Waals surface area contributed by atoms with Crippen LogP contribution in [0.15, 0.2) is 68.6 Å². The molecular weight excluding hydrogens is 424 g/mol. The summed E-state index contributed by atoms with van der Waals surface area (Å²) in [5, 5.41) is 1.08. The zero-order valence-corrected chi connectivity index (χ0v) is 15.9. The maximum Gasteiger partial charge on any atom is 0.285 e. The molecule has 0 aliphatic carbocycles. The Labute approximate surface area is 161 Å². The summed E-state index contributed by atoms with van der Waals surface area (Å²) in [5.74, 6) is -0.101. The van der Waals surface area contributed by atoms with Crippen molar-refractivity contribution in [2.24, 2.45) is 0 Å². The van der Waals surface area contributed by atoms with Gasteiger partial charge in [-0.05, 0) is 60.8 Å². The molecule has 1 saturated heterocycles. The molecule has 25 heavy (non-hydrogen) atoms. The maximum absolute atomic E-state index is 12.4. The number of carbonyl (C=O) groups is 2. The van der Waals surface area contributed by atoms with Crippen molar-refractivity contribution in [3.8, 4) is 0 Å². The SMILES string of the molecule is O=C(NN1C(=O)/C(=C/C=C/c2ccco2)SC1=S)c1ccc(Br)cc1. The van der Waals surface area contributed by atoms with Gasteiger partial charge in [-0.3, -0.25) is 15.0 Å². The molecule has 0 bridgehead atoms. The third-order valence-electron chi connectivity index (χ3n) is 3.16. The number of hydrogen-bond acceptors (Lipinski definition) is 5. The first kappa shape index (κ1) is 17.7. The molecule has 1 aliphatic rings. The number of hydrazine groups is 1. The molecule has 0 unspecified atom stereocenters. The fourth-order valence-electron chi connectivity index (χ4n) is 1.96. The first-order valence-electron chi connectivity index (χ1n) is 7.09. The Bertz CT molecular complexity index is 874. The zero-order chi connectivity index (χ0) is 17.8. The van der Waals surface area contributed by atoms with Gasteiger partial charge in [-0.25, -0.2) is 0 Å². The molecule has 3 rings (SSSR count). The van der Waals surface area contributed by atoms with E-state index < -0.39 is 5.91 Å². The van der Waals surface area contributed by atoms with Gasteiger partial charge in [-0.1, -0.05) is 33.8 Å². The largest absolute Gasteiger partial charge is 0.465 e. The third kappa shape index (κ3) is 4.28. The highest BCUT2D eigenvalue weighted by Crippen LogP contribution is 2.29. The highest BCUT2D eigenvalue weighted by molar-refractivity contribution is 9.10. The van der Waals surface area contributed by atoms with Gasteiger partial charge in [0.05, 0.1) is 11.2 Å². The summed E-state index contributed by atoms with van der Waals surface area (Å²) >= 11 is 9.61. The number of thioether (sulfide) groups is 1. The van der Waals surface area contributed by atoms with E-state index in [0.29, 0.717) is 16.2 Å². The van der Waals surface area contributed by atoms with Crippen LogP contribution in [0.3, 0.4) is 0 Å². The van der Waals surface area contributed by atoms with E-state index in [9.17, 15) is 9.59 Å². The highest BCUT2D eigenvalue weighted by Gasteiger charge is 2.33. The van der Waals surface area contributed by atoms with E-state index in [1.165, 1.54) is 0 Å². The Hall–Kier alpha value is -2.16. The normalized spacial score (nSPS) is 16.2. The van der Waals surface area contributed by atoms with Crippen molar-refractivity contribution in [2.75, 3.05) is 0 Å². The van der Waals surface area contributed by atoms with Crippen LogP contribution in [-0.4, -0.2) is 21.1 Å². The second-order valence-electron chi connectivity index (χ2n) is 4.86. The minimum Gasteiger partial charge on any atom is -0.465 e. The first-order chi connectivity index (χ1) is 12.0. The average molecular weight is 435 g/mol. The van der Waals surface area contributed by atoms with E-state index in [4.69, 9.17) is 16.6 Å². The van der Waals surface area contributed by atoms with E-state index in [1.807, 2.05) is 0 Å².